The maximum absolute atomic E-state index is 13.8. The molecule has 1 aromatic carbocycles. The number of hydrogen-bond acceptors (Lipinski definition) is 3. The molecule has 2 rings (SSSR count). The van der Waals surface area contributed by atoms with E-state index in [4.69, 9.17) is 16.3 Å². The summed E-state index contributed by atoms with van der Waals surface area (Å²) in [5.74, 6) is -2.62. The Morgan fingerprint density at radius 3 is 2.52 bits per heavy atom. The van der Waals surface area contributed by atoms with Crippen LogP contribution in [0.4, 0.5) is 8.78 Å². The Kier molecular flexibility index (Phi) is 6.03. The molecular weight excluding hydrogens is 298 g/mol. The van der Waals surface area contributed by atoms with Gasteiger partial charge in [-0.05, 0) is 12.1 Å². The zero-order chi connectivity index (χ0) is 16.0. The van der Waals surface area contributed by atoms with E-state index in [9.17, 15) is 8.78 Å². The van der Waals surface area contributed by atoms with E-state index in [1.165, 1.54) is 7.11 Å². The number of nitrogens with zero attached hydrogens (tertiary/aromatic N) is 2. The van der Waals surface area contributed by atoms with Crippen LogP contribution in [0.2, 0.25) is 5.15 Å². The second kappa shape index (κ2) is 7.31. The summed E-state index contributed by atoms with van der Waals surface area (Å²) >= 11 is 5.79. The molecule has 0 unspecified atom stereocenters. The molecule has 0 aliphatic carbocycles. The molecule has 1 aromatic heterocycles. The van der Waals surface area contributed by atoms with E-state index in [1.54, 1.807) is 18.2 Å². The van der Waals surface area contributed by atoms with Crippen molar-refractivity contribution < 1.29 is 13.5 Å². The number of fused-ring (bicyclic) bond motifs is 1. The highest BCUT2D eigenvalue weighted by Crippen LogP contribution is 2.35. The number of methoxy groups -OCH3 is 1. The summed E-state index contributed by atoms with van der Waals surface area (Å²) in [7, 11) is 1.50. The van der Waals surface area contributed by atoms with E-state index < -0.39 is 18.0 Å². The van der Waals surface area contributed by atoms with Gasteiger partial charge in [-0.1, -0.05) is 31.5 Å². The molecular formula is C15H17ClF2N2O. The Morgan fingerprint density at radius 2 is 1.95 bits per heavy atom. The van der Waals surface area contributed by atoms with Gasteiger partial charge >= 0.3 is 0 Å². The molecule has 0 saturated carbocycles. The van der Waals surface area contributed by atoms with Crippen molar-refractivity contribution in [1.82, 2.24) is 9.97 Å². The smallest absolute Gasteiger partial charge is 0.296 e. The van der Waals surface area contributed by atoms with E-state index in [1.807, 2.05) is 13.8 Å². The lowest BCUT2D eigenvalue weighted by atomic mass is 10.1. The van der Waals surface area contributed by atoms with Crippen LogP contribution in [-0.4, -0.2) is 17.1 Å². The fraction of sp³-hybridized carbons (Fsp3) is 0.333. The maximum Gasteiger partial charge on any atom is 0.296 e. The number of benzene rings is 1. The number of aromatic nitrogens is 2. The molecule has 3 nitrogen and oxygen atoms in total. The normalized spacial score (nSPS) is 10.8. The SMILES string of the molecule is C=CCC(F)(F)c1nc2ccc(OC)cc2nc1Cl.CC. The number of halogens is 3. The average Bonchev–Trinajstić information content (AvgIpc) is 2.47. The zero-order valence-corrected chi connectivity index (χ0v) is 12.9. The summed E-state index contributed by atoms with van der Waals surface area (Å²) in [6.07, 6.45) is 0.583. The van der Waals surface area contributed by atoms with E-state index in [0.717, 1.165) is 6.08 Å². The lowest BCUT2D eigenvalue weighted by Crippen LogP contribution is -2.16. The molecule has 0 spiro atoms. The summed E-state index contributed by atoms with van der Waals surface area (Å²) < 4.78 is 32.6. The van der Waals surface area contributed by atoms with Crippen LogP contribution in [-0.2, 0) is 5.92 Å². The molecule has 0 bridgehead atoms. The van der Waals surface area contributed by atoms with Gasteiger partial charge in [0.25, 0.3) is 5.92 Å². The Labute approximate surface area is 127 Å². The topological polar surface area (TPSA) is 35.0 Å². The minimum atomic E-state index is -3.18. The fourth-order valence-corrected chi connectivity index (χ4v) is 1.92. The van der Waals surface area contributed by atoms with Crippen LogP contribution in [0.3, 0.4) is 0 Å². The molecule has 2 aromatic rings. The van der Waals surface area contributed by atoms with Gasteiger partial charge in [0.1, 0.15) is 11.4 Å². The zero-order valence-electron chi connectivity index (χ0n) is 12.2. The fourth-order valence-electron chi connectivity index (χ4n) is 1.65. The number of allylic oxidation sites excluding steroid dienone is 1. The lowest BCUT2D eigenvalue weighted by Gasteiger charge is -2.15. The molecule has 6 heteroatoms. The highest BCUT2D eigenvalue weighted by molar-refractivity contribution is 6.30. The monoisotopic (exact) mass is 314 g/mol. The Balaban J connectivity index is 0.00000106. The van der Waals surface area contributed by atoms with Crippen molar-refractivity contribution in [1.29, 1.82) is 0 Å². The maximum atomic E-state index is 13.8. The highest BCUT2D eigenvalue weighted by atomic mass is 35.5. The third-order valence-corrected chi connectivity index (χ3v) is 2.84. The third-order valence-electron chi connectivity index (χ3n) is 2.58. The van der Waals surface area contributed by atoms with Crippen LogP contribution in [0.5, 0.6) is 5.75 Å². The standard InChI is InChI=1S/C13H11ClF2N2O.C2H6/c1-3-6-13(15,16)11-12(14)18-10-7-8(19-2)4-5-9(10)17-11;1-2/h3-5,7H,1,6H2,2H3;1-2H3. The second-order valence-electron chi connectivity index (χ2n) is 3.91. The van der Waals surface area contributed by atoms with Crippen LogP contribution in [0.25, 0.3) is 11.0 Å². The molecule has 0 aliphatic rings. The van der Waals surface area contributed by atoms with Gasteiger partial charge in [-0.15, -0.1) is 6.58 Å². The van der Waals surface area contributed by atoms with E-state index >= 15 is 0 Å². The van der Waals surface area contributed by atoms with E-state index in [0.29, 0.717) is 16.8 Å². The highest BCUT2D eigenvalue weighted by Gasteiger charge is 2.35. The Hall–Kier alpha value is -1.75. The van der Waals surface area contributed by atoms with Crippen molar-refractivity contribution in [2.45, 2.75) is 26.2 Å². The molecule has 21 heavy (non-hydrogen) atoms. The first-order valence-corrected chi connectivity index (χ1v) is 6.86. The molecule has 0 aliphatic heterocycles. The lowest BCUT2D eigenvalue weighted by molar-refractivity contribution is -0.00529. The van der Waals surface area contributed by atoms with Gasteiger partial charge in [-0.3, -0.25) is 0 Å². The third kappa shape index (κ3) is 3.88. The van der Waals surface area contributed by atoms with Gasteiger partial charge in [0.2, 0.25) is 0 Å². The summed E-state index contributed by atoms with van der Waals surface area (Å²) in [6, 6.07) is 4.77. The number of ether oxygens (including phenoxy) is 1. The van der Waals surface area contributed by atoms with Crippen molar-refractivity contribution in [2.24, 2.45) is 0 Å². The van der Waals surface area contributed by atoms with E-state index in [-0.39, 0.29) is 5.15 Å². The van der Waals surface area contributed by atoms with Gasteiger partial charge in [-0.2, -0.15) is 8.78 Å². The van der Waals surface area contributed by atoms with Gasteiger partial charge < -0.3 is 4.74 Å². The van der Waals surface area contributed by atoms with Crippen molar-refractivity contribution >= 4 is 22.6 Å². The van der Waals surface area contributed by atoms with Crippen molar-refractivity contribution in [3.63, 3.8) is 0 Å². The van der Waals surface area contributed by atoms with Crippen LogP contribution in [0, 0.1) is 0 Å². The van der Waals surface area contributed by atoms with Crippen LogP contribution < -0.4 is 4.74 Å². The summed E-state index contributed by atoms with van der Waals surface area (Å²) in [6.45, 7) is 7.30. The first kappa shape index (κ1) is 17.3. The number of rotatable bonds is 4. The van der Waals surface area contributed by atoms with Crippen LogP contribution >= 0.6 is 11.6 Å². The molecule has 0 atom stereocenters. The summed E-state index contributed by atoms with van der Waals surface area (Å²) in [5, 5.41) is -0.312. The minimum Gasteiger partial charge on any atom is -0.497 e. The summed E-state index contributed by atoms with van der Waals surface area (Å²) in [4.78, 5) is 7.83. The van der Waals surface area contributed by atoms with Gasteiger partial charge in [0.15, 0.2) is 5.15 Å². The van der Waals surface area contributed by atoms with Gasteiger partial charge in [0, 0.05) is 12.5 Å². The number of alkyl halides is 2. The molecule has 0 saturated heterocycles. The van der Waals surface area contributed by atoms with E-state index in [2.05, 4.69) is 16.5 Å². The molecule has 0 N–H and O–H groups in total. The summed E-state index contributed by atoms with van der Waals surface area (Å²) in [5.41, 5.74) is 0.207. The molecule has 0 amide bonds. The molecule has 0 radical (unpaired) electrons. The first-order chi connectivity index (χ1) is 9.97. The van der Waals surface area contributed by atoms with Gasteiger partial charge in [0.05, 0.1) is 18.1 Å². The van der Waals surface area contributed by atoms with Crippen LogP contribution in [0.15, 0.2) is 30.9 Å². The van der Waals surface area contributed by atoms with Crippen LogP contribution in [0.1, 0.15) is 26.0 Å². The van der Waals surface area contributed by atoms with Crippen molar-refractivity contribution in [2.75, 3.05) is 7.11 Å². The minimum absolute atomic E-state index is 0.312. The van der Waals surface area contributed by atoms with Crippen molar-refractivity contribution in [3.8, 4) is 5.75 Å². The Bertz CT molecular complexity index is 632. The van der Waals surface area contributed by atoms with Crippen molar-refractivity contribution in [3.05, 3.63) is 41.7 Å². The largest absolute Gasteiger partial charge is 0.497 e. The second-order valence-corrected chi connectivity index (χ2v) is 4.27. The number of hydrogen-bond donors (Lipinski definition) is 0. The Morgan fingerprint density at radius 1 is 1.29 bits per heavy atom. The predicted octanol–water partition coefficient (Wildman–Crippen LogP) is 4.99. The molecule has 114 valence electrons. The average molecular weight is 315 g/mol. The quantitative estimate of drug-likeness (QED) is 0.746. The van der Waals surface area contributed by atoms with Gasteiger partial charge in [-0.25, -0.2) is 9.97 Å². The first-order valence-electron chi connectivity index (χ1n) is 6.48. The molecule has 1 heterocycles. The predicted molar refractivity (Wildman–Crippen MR) is 81.2 cm³/mol. The molecule has 0 fully saturated rings.